The fraction of sp³-hybridized carbons (Fsp3) is 0.417. The largest absolute Gasteiger partial charge is 0.256 e. The molecule has 0 saturated carbocycles. The van der Waals surface area contributed by atoms with Gasteiger partial charge < -0.3 is 0 Å². The van der Waals surface area contributed by atoms with Crippen LogP contribution in [0.4, 0.5) is 0 Å². The zero-order valence-corrected chi connectivity index (χ0v) is 9.09. The molecule has 13 heavy (non-hydrogen) atoms. The maximum atomic E-state index is 4.25. The molecule has 1 heterocycles. The molecule has 0 atom stereocenters. The average Bonchev–Trinajstić information content (AvgIpc) is 2.21. The van der Waals surface area contributed by atoms with Crippen molar-refractivity contribution >= 4 is 5.57 Å². The van der Waals surface area contributed by atoms with Crippen molar-refractivity contribution in [2.45, 2.75) is 34.1 Å². The summed E-state index contributed by atoms with van der Waals surface area (Å²) >= 11 is 0. The predicted molar refractivity (Wildman–Crippen MR) is 59.7 cm³/mol. The van der Waals surface area contributed by atoms with Crippen molar-refractivity contribution in [1.29, 1.82) is 0 Å². The molecule has 0 aliphatic rings. The van der Waals surface area contributed by atoms with Gasteiger partial charge in [-0.2, -0.15) is 0 Å². The molecule has 72 valence electrons. The molecule has 0 saturated heterocycles. The second kappa shape index (κ2) is 6.41. The van der Waals surface area contributed by atoms with Gasteiger partial charge in [0.15, 0.2) is 0 Å². The lowest BCUT2D eigenvalue weighted by molar-refractivity contribution is 1.09. The molecule has 1 aromatic heterocycles. The quantitative estimate of drug-likeness (QED) is 0.671. The molecule has 0 bridgehead atoms. The number of allylic oxidation sites excluding steroid dienone is 1. The van der Waals surface area contributed by atoms with E-state index in [9.17, 15) is 0 Å². The fourth-order valence-electron chi connectivity index (χ4n) is 0.886. The Morgan fingerprint density at radius 3 is 2.31 bits per heavy atom. The Labute approximate surface area is 81.5 Å². The molecule has 0 aliphatic carbocycles. The van der Waals surface area contributed by atoms with E-state index in [1.165, 1.54) is 5.56 Å². The van der Waals surface area contributed by atoms with Crippen LogP contribution < -0.4 is 0 Å². The van der Waals surface area contributed by atoms with Crippen molar-refractivity contribution in [1.82, 2.24) is 4.98 Å². The van der Waals surface area contributed by atoms with Gasteiger partial charge in [0.1, 0.15) is 0 Å². The van der Waals surface area contributed by atoms with Crippen LogP contribution in [0.5, 0.6) is 0 Å². The van der Waals surface area contributed by atoms with Crippen molar-refractivity contribution in [2.75, 3.05) is 0 Å². The maximum Gasteiger partial charge on any atom is 0.0653 e. The molecule has 1 nitrogen and oxygen atoms in total. The van der Waals surface area contributed by atoms with Crippen LogP contribution in [0, 0.1) is 0 Å². The Kier molecular flexibility index (Phi) is 5.86. The highest BCUT2D eigenvalue weighted by molar-refractivity contribution is 5.57. The van der Waals surface area contributed by atoms with E-state index in [0.29, 0.717) is 0 Å². The van der Waals surface area contributed by atoms with Gasteiger partial charge in [-0.05, 0) is 30.5 Å². The molecule has 0 radical (unpaired) electrons. The smallest absolute Gasteiger partial charge is 0.0653 e. The van der Waals surface area contributed by atoms with Gasteiger partial charge in [-0.3, -0.25) is 4.98 Å². The number of aromatic nitrogens is 1. The van der Waals surface area contributed by atoms with Gasteiger partial charge in [0.2, 0.25) is 0 Å². The molecule has 0 aromatic carbocycles. The van der Waals surface area contributed by atoms with Crippen LogP contribution in [0.25, 0.3) is 5.57 Å². The summed E-state index contributed by atoms with van der Waals surface area (Å²) in [7, 11) is 0. The number of hydrogen-bond donors (Lipinski definition) is 0. The summed E-state index contributed by atoms with van der Waals surface area (Å²) in [5, 5.41) is 0. The number of hydrogen-bond acceptors (Lipinski definition) is 1. The lowest BCUT2D eigenvalue weighted by atomic mass is 10.1. The third kappa shape index (κ3) is 3.88. The summed E-state index contributed by atoms with van der Waals surface area (Å²) in [5.41, 5.74) is 3.28. The van der Waals surface area contributed by atoms with Gasteiger partial charge >= 0.3 is 0 Å². The molecular formula is C12H19N. The first-order chi connectivity index (χ1) is 6.24. The second-order valence-corrected chi connectivity index (χ2v) is 2.69. The van der Waals surface area contributed by atoms with E-state index >= 15 is 0 Å². The highest BCUT2D eigenvalue weighted by Gasteiger charge is 1.93. The zero-order valence-electron chi connectivity index (χ0n) is 9.09. The van der Waals surface area contributed by atoms with Gasteiger partial charge in [0.25, 0.3) is 0 Å². The first-order valence-corrected chi connectivity index (χ1v) is 4.85. The Morgan fingerprint density at radius 1 is 1.38 bits per heavy atom. The maximum absolute atomic E-state index is 4.25. The molecule has 1 heteroatoms. The van der Waals surface area contributed by atoms with Crippen LogP contribution in [0.1, 0.15) is 39.0 Å². The summed E-state index contributed by atoms with van der Waals surface area (Å²) in [6.45, 7) is 11.9. The van der Waals surface area contributed by atoms with E-state index in [1.54, 1.807) is 0 Å². The Morgan fingerprint density at radius 2 is 2.00 bits per heavy atom. The topological polar surface area (TPSA) is 12.9 Å². The van der Waals surface area contributed by atoms with E-state index in [-0.39, 0.29) is 0 Å². The molecule has 0 spiro atoms. The highest BCUT2D eigenvalue weighted by Crippen LogP contribution is 2.08. The minimum atomic E-state index is 0.988. The molecule has 0 unspecified atom stereocenters. The number of pyridine rings is 1. The Hall–Kier alpha value is -1.11. The first kappa shape index (κ1) is 11.9. The van der Waals surface area contributed by atoms with Crippen molar-refractivity contribution in [3.05, 3.63) is 36.2 Å². The molecule has 0 N–H and O–H groups in total. The van der Waals surface area contributed by atoms with Gasteiger partial charge in [0.05, 0.1) is 5.69 Å². The van der Waals surface area contributed by atoms with Gasteiger partial charge in [-0.1, -0.05) is 33.4 Å². The van der Waals surface area contributed by atoms with Crippen LogP contribution in [-0.4, -0.2) is 4.98 Å². The zero-order chi connectivity index (χ0) is 10.3. The number of nitrogens with zero attached hydrogens (tertiary/aromatic N) is 1. The standard InChI is InChI=1S/C10H13N.C2H6/c1-4-9-5-6-10(8(2)3)11-7-9;1-2/h5-7H,2,4H2,1,3H3;1-2H3. The summed E-state index contributed by atoms with van der Waals surface area (Å²) in [6.07, 6.45) is 2.95. The summed E-state index contributed by atoms with van der Waals surface area (Å²) in [5.74, 6) is 0. The minimum Gasteiger partial charge on any atom is -0.256 e. The number of rotatable bonds is 2. The van der Waals surface area contributed by atoms with E-state index in [4.69, 9.17) is 0 Å². The molecule has 0 fully saturated rings. The average molecular weight is 177 g/mol. The van der Waals surface area contributed by atoms with Crippen LogP contribution in [0.2, 0.25) is 0 Å². The fourth-order valence-corrected chi connectivity index (χ4v) is 0.886. The minimum absolute atomic E-state index is 0.988. The van der Waals surface area contributed by atoms with E-state index < -0.39 is 0 Å². The van der Waals surface area contributed by atoms with Crippen molar-refractivity contribution in [2.24, 2.45) is 0 Å². The van der Waals surface area contributed by atoms with E-state index in [1.807, 2.05) is 33.0 Å². The first-order valence-electron chi connectivity index (χ1n) is 4.85. The Bertz CT molecular complexity index is 246. The van der Waals surface area contributed by atoms with Crippen molar-refractivity contribution < 1.29 is 0 Å². The molecule has 0 aliphatic heterocycles. The Balaban J connectivity index is 0.000000671. The molecule has 1 rings (SSSR count). The lowest BCUT2D eigenvalue weighted by Gasteiger charge is -1.99. The monoisotopic (exact) mass is 177 g/mol. The summed E-state index contributed by atoms with van der Waals surface area (Å²) in [4.78, 5) is 4.25. The van der Waals surface area contributed by atoms with Crippen LogP contribution in [0.15, 0.2) is 24.9 Å². The van der Waals surface area contributed by atoms with Crippen LogP contribution in [0.3, 0.4) is 0 Å². The third-order valence-electron chi connectivity index (χ3n) is 1.67. The van der Waals surface area contributed by atoms with Crippen molar-refractivity contribution in [3.63, 3.8) is 0 Å². The highest BCUT2D eigenvalue weighted by atomic mass is 14.7. The van der Waals surface area contributed by atoms with Crippen LogP contribution >= 0.6 is 0 Å². The summed E-state index contributed by atoms with van der Waals surface area (Å²) < 4.78 is 0. The predicted octanol–water partition coefficient (Wildman–Crippen LogP) is 3.70. The van der Waals surface area contributed by atoms with E-state index in [2.05, 4.69) is 24.6 Å². The van der Waals surface area contributed by atoms with Crippen molar-refractivity contribution in [3.8, 4) is 0 Å². The summed E-state index contributed by atoms with van der Waals surface area (Å²) in [6, 6.07) is 4.11. The number of aryl methyl sites for hydroxylation is 1. The third-order valence-corrected chi connectivity index (χ3v) is 1.67. The van der Waals surface area contributed by atoms with Gasteiger partial charge in [-0.15, -0.1) is 0 Å². The molecule has 0 amide bonds. The van der Waals surface area contributed by atoms with E-state index in [0.717, 1.165) is 17.7 Å². The van der Waals surface area contributed by atoms with Gasteiger partial charge in [0, 0.05) is 6.20 Å². The SMILES string of the molecule is C=C(C)c1ccc(CC)cn1.CC. The normalized spacial score (nSPS) is 8.62. The second-order valence-electron chi connectivity index (χ2n) is 2.69. The lowest BCUT2D eigenvalue weighted by Crippen LogP contribution is -1.86. The molecular weight excluding hydrogens is 158 g/mol. The molecule has 1 aromatic rings. The van der Waals surface area contributed by atoms with Gasteiger partial charge in [-0.25, -0.2) is 0 Å². The van der Waals surface area contributed by atoms with Crippen LogP contribution in [-0.2, 0) is 6.42 Å².